The van der Waals surface area contributed by atoms with Gasteiger partial charge in [0.15, 0.2) is 5.17 Å². The Hall–Kier alpha value is -3.35. The Morgan fingerprint density at radius 3 is 2.60 bits per heavy atom. The van der Waals surface area contributed by atoms with Crippen molar-refractivity contribution >= 4 is 46.4 Å². The summed E-state index contributed by atoms with van der Waals surface area (Å²) in [5.74, 6) is -1.64. The maximum absolute atomic E-state index is 11.5. The normalized spacial score (nSPS) is 18.5. The zero-order chi connectivity index (χ0) is 18.6. The number of aliphatic carboxylic acids is 1. The van der Waals surface area contributed by atoms with Crippen LogP contribution in [0.2, 0.25) is 0 Å². The van der Waals surface area contributed by atoms with Gasteiger partial charge < -0.3 is 10.4 Å². The van der Waals surface area contributed by atoms with Crippen molar-refractivity contribution in [1.29, 1.82) is 0 Å². The summed E-state index contributed by atoms with van der Waals surface area (Å²) >= 11 is 0.894. The summed E-state index contributed by atoms with van der Waals surface area (Å²) in [5.41, 5.74) is -1.15. The van der Waals surface area contributed by atoms with Crippen molar-refractivity contribution in [3.63, 3.8) is 0 Å². The van der Waals surface area contributed by atoms with E-state index in [4.69, 9.17) is 5.11 Å². The number of nitrogens with zero attached hydrogens (tertiary/aromatic N) is 4. The molecule has 13 heteroatoms. The van der Waals surface area contributed by atoms with E-state index in [1.54, 1.807) is 0 Å². The monoisotopic (exact) mass is 367 g/mol. The van der Waals surface area contributed by atoms with Crippen LogP contribution in [0.15, 0.2) is 28.4 Å². The second kappa shape index (κ2) is 7.48. The van der Waals surface area contributed by atoms with E-state index < -0.39 is 38.3 Å². The van der Waals surface area contributed by atoms with E-state index in [2.05, 4.69) is 15.5 Å². The molecule has 1 heterocycles. The maximum atomic E-state index is 11.5. The molecule has 1 unspecified atom stereocenters. The highest BCUT2D eigenvalue weighted by Crippen LogP contribution is 2.27. The number of nitrogens with one attached hydrogen (secondary N) is 1. The number of carboxylic acids is 1. The highest BCUT2D eigenvalue weighted by molar-refractivity contribution is 8.15. The zero-order valence-corrected chi connectivity index (χ0v) is 13.0. The smallest absolute Gasteiger partial charge is 0.346 e. The number of hydrogen-bond acceptors (Lipinski definition) is 9. The second-order valence-electron chi connectivity index (χ2n) is 4.61. The molecule has 2 rings (SSSR count). The van der Waals surface area contributed by atoms with Gasteiger partial charge in [0.1, 0.15) is 5.25 Å². The van der Waals surface area contributed by atoms with Crippen LogP contribution in [0.5, 0.6) is 0 Å². The number of hydrogen-bond donors (Lipinski definition) is 2. The van der Waals surface area contributed by atoms with Crippen molar-refractivity contribution in [3.8, 4) is 0 Å². The number of nitro groups is 2. The molecule has 25 heavy (non-hydrogen) atoms. The van der Waals surface area contributed by atoms with Crippen LogP contribution in [-0.4, -0.2) is 43.5 Å². The van der Waals surface area contributed by atoms with Gasteiger partial charge in [0, 0.05) is 17.7 Å². The topological polar surface area (TPSA) is 177 Å². The van der Waals surface area contributed by atoms with Crippen molar-refractivity contribution in [2.24, 2.45) is 10.2 Å². The average molecular weight is 367 g/mol. The number of amidine groups is 1. The molecule has 1 aliphatic rings. The summed E-state index contributed by atoms with van der Waals surface area (Å²) in [5, 5.41) is 39.2. The standard InChI is InChI=1S/C12H9N5O7S/c18-10(19)4-9-11(20)14-12(25-9)15-13-5-6-1-2-7(16(21)22)8(3-6)17(23)24/h1-3,5,9H,4H2,(H,18,19)(H,14,15,20). The summed E-state index contributed by atoms with van der Waals surface area (Å²) in [6.45, 7) is 0. The van der Waals surface area contributed by atoms with Crippen molar-refractivity contribution in [2.75, 3.05) is 0 Å². The van der Waals surface area contributed by atoms with E-state index in [0.717, 1.165) is 30.1 Å². The van der Waals surface area contributed by atoms with E-state index in [-0.39, 0.29) is 17.2 Å². The SMILES string of the molecule is O=C(O)CC1SC(=NN=Cc2ccc([N+](=O)[O-])c([N+](=O)[O-])c2)NC1=O. The number of rotatable bonds is 6. The molecule has 0 radical (unpaired) electrons. The summed E-state index contributed by atoms with van der Waals surface area (Å²) < 4.78 is 0. The van der Waals surface area contributed by atoms with E-state index in [0.29, 0.717) is 0 Å². The van der Waals surface area contributed by atoms with E-state index in [1.165, 1.54) is 6.07 Å². The Morgan fingerprint density at radius 1 is 1.32 bits per heavy atom. The zero-order valence-electron chi connectivity index (χ0n) is 12.2. The van der Waals surface area contributed by atoms with Gasteiger partial charge in [0.25, 0.3) is 0 Å². The van der Waals surface area contributed by atoms with Gasteiger partial charge in [0.05, 0.1) is 22.5 Å². The minimum atomic E-state index is -1.13. The van der Waals surface area contributed by atoms with Crippen molar-refractivity contribution in [2.45, 2.75) is 11.7 Å². The number of thioether (sulfide) groups is 1. The Bertz CT molecular complexity index is 822. The first-order valence-electron chi connectivity index (χ1n) is 6.51. The molecule has 0 aliphatic carbocycles. The first kappa shape index (κ1) is 18.0. The van der Waals surface area contributed by atoms with Gasteiger partial charge in [-0.25, -0.2) is 0 Å². The molecule has 0 saturated carbocycles. The Kier molecular flexibility index (Phi) is 5.38. The van der Waals surface area contributed by atoms with Crippen LogP contribution < -0.4 is 5.32 Å². The summed E-state index contributed by atoms with van der Waals surface area (Å²) in [7, 11) is 0. The molecule has 1 aromatic rings. The Labute approximate surface area is 142 Å². The van der Waals surface area contributed by atoms with Crippen molar-refractivity contribution in [1.82, 2.24) is 5.32 Å². The van der Waals surface area contributed by atoms with Crippen molar-refractivity contribution < 1.29 is 24.5 Å². The molecule has 12 nitrogen and oxygen atoms in total. The minimum absolute atomic E-state index is 0.0870. The predicted molar refractivity (Wildman–Crippen MR) is 86.6 cm³/mol. The molecule has 2 N–H and O–H groups in total. The quantitative estimate of drug-likeness (QED) is 0.423. The molecule has 1 amide bonds. The molecular formula is C12H9N5O7S. The van der Waals surface area contributed by atoms with Crippen LogP contribution >= 0.6 is 11.8 Å². The number of benzene rings is 1. The van der Waals surface area contributed by atoms with Crippen molar-refractivity contribution in [3.05, 3.63) is 44.0 Å². The van der Waals surface area contributed by atoms with Gasteiger partial charge in [-0.2, -0.15) is 5.10 Å². The molecule has 0 spiro atoms. The number of carbonyl (C=O) groups excluding carboxylic acids is 1. The van der Waals surface area contributed by atoms with Gasteiger partial charge in [-0.05, 0) is 6.07 Å². The number of carboxylic acid groups (broad SMARTS) is 1. The lowest BCUT2D eigenvalue weighted by atomic mass is 10.2. The molecule has 1 atom stereocenters. The lowest BCUT2D eigenvalue weighted by Crippen LogP contribution is -2.26. The molecule has 1 aromatic carbocycles. The second-order valence-corrected chi connectivity index (χ2v) is 5.80. The minimum Gasteiger partial charge on any atom is -0.481 e. The van der Waals surface area contributed by atoms with Gasteiger partial charge in [-0.1, -0.05) is 11.8 Å². The largest absolute Gasteiger partial charge is 0.481 e. The van der Waals surface area contributed by atoms with Crippen LogP contribution in [0.25, 0.3) is 0 Å². The van der Waals surface area contributed by atoms with Gasteiger partial charge in [0.2, 0.25) is 5.91 Å². The maximum Gasteiger partial charge on any atom is 0.346 e. The highest BCUT2D eigenvalue weighted by atomic mass is 32.2. The van der Waals surface area contributed by atoms with Crippen LogP contribution in [0.4, 0.5) is 11.4 Å². The van der Waals surface area contributed by atoms with Gasteiger partial charge in [-0.3, -0.25) is 29.8 Å². The van der Waals surface area contributed by atoms with Crippen LogP contribution in [0, 0.1) is 20.2 Å². The first-order chi connectivity index (χ1) is 11.8. The summed E-state index contributed by atoms with van der Waals surface area (Å²) in [4.78, 5) is 41.9. The average Bonchev–Trinajstić information content (AvgIpc) is 2.86. The fourth-order valence-electron chi connectivity index (χ4n) is 1.81. The van der Waals surface area contributed by atoms with E-state index >= 15 is 0 Å². The Balaban J connectivity index is 2.13. The third-order valence-electron chi connectivity index (χ3n) is 2.88. The fourth-order valence-corrected chi connectivity index (χ4v) is 2.73. The molecule has 1 fully saturated rings. The van der Waals surface area contributed by atoms with Crippen LogP contribution in [0.3, 0.4) is 0 Å². The number of carbonyl (C=O) groups is 2. The molecule has 130 valence electrons. The van der Waals surface area contributed by atoms with Crippen LogP contribution in [0.1, 0.15) is 12.0 Å². The number of amides is 1. The summed E-state index contributed by atoms with van der Waals surface area (Å²) in [6.07, 6.45) is 0.745. The fraction of sp³-hybridized carbons (Fsp3) is 0.167. The third-order valence-corrected chi connectivity index (χ3v) is 3.96. The first-order valence-corrected chi connectivity index (χ1v) is 7.39. The molecule has 1 saturated heterocycles. The number of nitro benzene ring substituents is 2. The van der Waals surface area contributed by atoms with E-state index in [9.17, 15) is 29.8 Å². The molecule has 0 aromatic heterocycles. The van der Waals surface area contributed by atoms with E-state index in [1.807, 2.05) is 0 Å². The predicted octanol–water partition coefficient (Wildman–Crippen LogP) is 0.899. The summed E-state index contributed by atoms with van der Waals surface area (Å²) in [6, 6.07) is 3.19. The van der Waals surface area contributed by atoms with Crippen LogP contribution in [-0.2, 0) is 9.59 Å². The highest BCUT2D eigenvalue weighted by Gasteiger charge is 2.32. The van der Waals surface area contributed by atoms with Gasteiger partial charge in [-0.15, -0.1) is 5.10 Å². The molecular weight excluding hydrogens is 358 g/mol. The molecule has 1 aliphatic heterocycles. The molecule has 0 bridgehead atoms. The Morgan fingerprint density at radius 2 is 2.00 bits per heavy atom. The third kappa shape index (κ3) is 4.57. The lowest BCUT2D eigenvalue weighted by Gasteiger charge is -1.97. The lowest BCUT2D eigenvalue weighted by molar-refractivity contribution is -0.422. The van der Waals surface area contributed by atoms with Gasteiger partial charge >= 0.3 is 17.3 Å².